The predicted octanol–water partition coefficient (Wildman–Crippen LogP) is 2.74. The first-order valence-electron chi connectivity index (χ1n) is 7.02. The van der Waals surface area contributed by atoms with Crippen LogP contribution >= 0.6 is 0 Å². The van der Waals surface area contributed by atoms with E-state index in [0.717, 1.165) is 12.3 Å². The summed E-state index contributed by atoms with van der Waals surface area (Å²) in [5, 5.41) is 3.50. The molecule has 0 amide bonds. The number of rotatable bonds is 5. The van der Waals surface area contributed by atoms with Gasteiger partial charge in [0.2, 0.25) is 0 Å². The molecule has 4 unspecified atom stereocenters. The number of hydrogen-bond donors (Lipinski definition) is 1. The van der Waals surface area contributed by atoms with Crippen molar-refractivity contribution >= 4 is 5.97 Å². The Labute approximate surface area is 105 Å². The number of ether oxygens (including phenoxy) is 1. The van der Waals surface area contributed by atoms with Crippen molar-refractivity contribution in [3.05, 3.63) is 0 Å². The second kappa shape index (κ2) is 7.00. The van der Waals surface area contributed by atoms with Crippen molar-refractivity contribution in [2.45, 2.75) is 65.5 Å². The topological polar surface area (TPSA) is 38.3 Å². The monoisotopic (exact) mass is 241 g/mol. The molecule has 0 radical (unpaired) electrons. The normalized spacial score (nSPS) is 30.9. The number of carbonyl (C=O) groups excluding carboxylic acids is 1. The van der Waals surface area contributed by atoms with Crippen molar-refractivity contribution in [3.63, 3.8) is 0 Å². The molecule has 0 saturated heterocycles. The van der Waals surface area contributed by atoms with E-state index in [0.29, 0.717) is 18.6 Å². The van der Waals surface area contributed by atoms with Gasteiger partial charge in [0.05, 0.1) is 6.61 Å². The summed E-state index contributed by atoms with van der Waals surface area (Å²) in [4.78, 5) is 11.8. The van der Waals surface area contributed by atoms with Gasteiger partial charge in [-0.3, -0.25) is 4.79 Å². The molecule has 1 rings (SSSR count). The summed E-state index contributed by atoms with van der Waals surface area (Å²) in [5.74, 6) is 1.30. The van der Waals surface area contributed by atoms with Gasteiger partial charge in [-0.2, -0.15) is 0 Å². The average Bonchev–Trinajstić information content (AvgIpc) is 2.31. The third-order valence-electron chi connectivity index (χ3n) is 4.10. The summed E-state index contributed by atoms with van der Waals surface area (Å²) in [5.41, 5.74) is 0. The van der Waals surface area contributed by atoms with Gasteiger partial charge < -0.3 is 10.1 Å². The van der Waals surface area contributed by atoms with Crippen LogP contribution in [0.5, 0.6) is 0 Å². The Morgan fingerprint density at radius 3 is 2.65 bits per heavy atom. The molecular formula is C14H27NO2. The molecule has 3 nitrogen and oxygen atoms in total. The van der Waals surface area contributed by atoms with E-state index in [9.17, 15) is 4.79 Å². The summed E-state index contributed by atoms with van der Waals surface area (Å²) in [6.45, 7) is 8.96. The molecule has 0 aromatic carbocycles. The van der Waals surface area contributed by atoms with Crippen LogP contribution in [0.3, 0.4) is 0 Å². The molecule has 1 aliphatic rings. The van der Waals surface area contributed by atoms with E-state index in [1.807, 2.05) is 13.8 Å². The van der Waals surface area contributed by atoms with Gasteiger partial charge in [0.15, 0.2) is 0 Å². The number of carbonyl (C=O) groups is 1. The minimum Gasteiger partial charge on any atom is -0.465 e. The molecule has 0 bridgehead atoms. The van der Waals surface area contributed by atoms with Gasteiger partial charge in [-0.25, -0.2) is 0 Å². The minimum atomic E-state index is -0.132. The van der Waals surface area contributed by atoms with Crippen molar-refractivity contribution < 1.29 is 9.53 Å². The van der Waals surface area contributed by atoms with Gasteiger partial charge in [0.1, 0.15) is 6.04 Å². The Morgan fingerprint density at radius 2 is 2.06 bits per heavy atom. The molecular weight excluding hydrogens is 214 g/mol. The van der Waals surface area contributed by atoms with Crippen LogP contribution < -0.4 is 5.32 Å². The van der Waals surface area contributed by atoms with Gasteiger partial charge in [-0.15, -0.1) is 0 Å². The van der Waals surface area contributed by atoms with Crippen LogP contribution in [-0.2, 0) is 9.53 Å². The molecule has 4 atom stereocenters. The maximum Gasteiger partial charge on any atom is 0.323 e. The van der Waals surface area contributed by atoms with E-state index in [1.165, 1.54) is 19.3 Å². The summed E-state index contributed by atoms with van der Waals surface area (Å²) < 4.78 is 5.10. The average molecular weight is 241 g/mol. The van der Waals surface area contributed by atoms with Crippen molar-refractivity contribution in [2.24, 2.45) is 11.8 Å². The van der Waals surface area contributed by atoms with E-state index >= 15 is 0 Å². The molecule has 17 heavy (non-hydrogen) atoms. The fraction of sp³-hybridized carbons (Fsp3) is 0.929. The molecule has 100 valence electrons. The molecule has 0 aliphatic heterocycles. The van der Waals surface area contributed by atoms with Gasteiger partial charge in [-0.1, -0.05) is 33.6 Å². The second-order valence-electron chi connectivity index (χ2n) is 5.25. The minimum absolute atomic E-state index is 0.0968. The molecule has 0 heterocycles. The summed E-state index contributed by atoms with van der Waals surface area (Å²) in [6, 6.07) is 0.334. The van der Waals surface area contributed by atoms with E-state index in [4.69, 9.17) is 4.74 Å². The SMILES string of the molecule is CCOC(=O)C(CC)NC1CCCC(C)C1C. The van der Waals surface area contributed by atoms with Crippen molar-refractivity contribution in [2.75, 3.05) is 6.61 Å². The van der Waals surface area contributed by atoms with E-state index in [2.05, 4.69) is 19.2 Å². The van der Waals surface area contributed by atoms with E-state index in [-0.39, 0.29) is 12.0 Å². The third kappa shape index (κ3) is 3.98. The summed E-state index contributed by atoms with van der Waals surface area (Å²) >= 11 is 0. The quantitative estimate of drug-likeness (QED) is 0.752. The van der Waals surface area contributed by atoms with Crippen LogP contribution in [0, 0.1) is 11.8 Å². The van der Waals surface area contributed by atoms with Crippen LogP contribution in [-0.4, -0.2) is 24.7 Å². The zero-order valence-electron chi connectivity index (χ0n) is 11.7. The Bertz CT molecular complexity index is 242. The highest BCUT2D eigenvalue weighted by atomic mass is 16.5. The zero-order chi connectivity index (χ0) is 12.8. The highest BCUT2D eigenvalue weighted by Crippen LogP contribution is 2.29. The first kappa shape index (κ1) is 14.5. The molecule has 1 fully saturated rings. The lowest BCUT2D eigenvalue weighted by Gasteiger charge is -2.36. The smallest absolute Gasteiger partial charge is 0.323 e. The van der Waals surface area contributed by atoms with Crippen LogP contribution in [0.2, 0.25) is 0 Å². The van der Waals surface area contributed by atoms with Crippen LogP contribution in [0.15, 0.2) is 0 Å². The first-order chi connectivity index (χ1) is 8.10. The summed E-state index contributed by atoms with van der Waals surface area (Å²) in [7, 11) is 0. The molecule has 3 heteroatoms. The third-order valence-corrected chi connectivity index (χ3v) is 4.10. The largest absolute Gasteiger partial charge is 0.465 e. The van der Waals surface area contributed by atoms with Crippen LogP contribution in [0.25, 0.3) is 0 Å². The maximum atomic E-state index is 11.8. The Hall–Kier alpha value is -0.570. The molecule has 1 saturated carbocycles. The lowest BCUT2D eigenvalue weighted by atomic mass is 9.78. The molecule has 1 aliphatic carbocycles. The maximum absolute atomic E-state index is 11.8. The molecule has 0 spiro atoms. The Kier molecular flexibility index (Phi) is 5.96. The Morgan fingerprint density at radius 1 is 1.35 bits per heavy atom. The van der Waals surface area contributed by atoms with Crippen molar-refractivity contribution in [3.8, 4) is 0 Å². The number of nitrogens with one attached hydrogen (secondary N) is 1. The molecule has 1 N–H and O–H groups in total. The molecule has 0 aromatic rings. The second-order valence-corrected chi connectivity index (χ2v) is 5.25. The highest BCUT2D eigenvalue weighted by Gasteiger charge is 2.30. The lowest BCUT2D eigenvalue weighted by molar-refractivity contribution is -0.146. The van der Waals surface area contributed by atoms with Crippen LogP contribution in [0.1, 0.15) is 53.4 Å². The Balaban J connectivity index is 2.52. The van der Waals surface area contributed by atoms with E-state index < -0.39 is 0 Å². The zero-order valence-corrected chi connectivity index (χ0v) is 11.7. The fourth-order valence-corrected chi connectivity index (χ4v) is 2.67. The van der Waals surface area contributed by atoms with Gasteiger partial charge in [0, 0.05) is 6.04 Å². The number of hydrogen-bond acceptors (Lipinski definition) is 3. The number of esters is 1. The summed E-state index contributed by atoms with van der Waals surface area (Å²) in [6.07, 6.45) is 4.57. The lowest BCUT2D eigenvalue weighted by Crippen LogP contribution is -2.49. The first-order valence-corrected chi connectivity index (χ1v) is 7.02. The van der Waals surface area contributed by atoms with Gasteiger partial charge >= 0.3 is 5.97 Å². The van der Waals surface area contributed by atoms with Crippen LogP contribution in [0.4, 0.5) is 0 Å². The predicted molar refractivity (Wildman–Crippen MR) is 69.8 cm³/mol. The van der Waals surface area contributed by atoms with Crippen molar-refractivity contribution in [1.29, 1.82) is 0 Å². The standard InChI is InChI=1S/C14H27NO2/c1-5-12(14(16)17-6-2)15-13-9-7-8-10(3)11(13)4/h10-13,15H,5-9H2,1-4H3. The van der Waals surface area contributed by atoms with Gasteiger partial charge in [0.25, 0.3) is 0 Å². The molecule has 0 aromatic heterocycles. The highest BCUT2D eigenvalue weighted by molar-refractivity contribution is 5.75. The fourth-order valence-electron chi connectivity index (χ4n) is 2.67. The van der Waals surface area contributed by atoms with Gasteiger partial charge in [-0.05, 0) is 31.6 Å². The van der Waals surface area contributed by atoms with E-state index in [1.54, 1.807) is 0 Å². The van der Waals surface area contributed by atoms with Crippen molar-refractivity contribution in [1.82, 2.24) is 5.32 Å².